The van der Waals surface area contributed by atoms with E-state index in [-0.39, 0.29) is 5.82 Å². The third kappa shape index (κ3) is 3.17. The minimum Gasteiger partial charge on any atom is -0.314 e. The number of hydrogen-bond donors (Lipinski definition) is 1. The van der Waals surface area contributed by atoms with Crippen molar-refractivity contribution in [1.82, 2.24) is 14.9 Å². The summed E-state index contributed by atoms with van der Waals surface area (Å²) in [6, 6.07) is 6.81. The molecular weight excluding hydrogens is 229 g/mol. The van der Waals surface area contributed by atoms with Crippen LogP contribution in [0.15, 0.2) is 36.8 Å². The molecule has 4 heteroatoms. The number of likely N-dealkylation sites (N-methyl/N-ethyl adjacent to an activating group) is 1. The molecule has 0 aliphatic rings. The number of hydrogen-bond acceptors (Lipinski definition) is 2. The van der Waals surface area contributed by atoms with Gasteiger partial charge in [-0.15, -0.1) is 0 Å². The summed E-state index contributed by atoms with van der Waals surface area (Å²) in [5.74, 6) is -0.222. The van der Waals surface area contributed by atoms with Crippen molar-refractivity contribution in [2.45, 2.75) is 26.3 Å². The van der Waals surface area contributed by atoms with Gasteiger partial charge in [0.05, 0.1) is 12.0 Å². The van der Waals surface area contributed by atoms with Gasteiger partial charge >= 0.3 is 0 Å². The highest BCUT2D eigenvalue weighted by atomic mass is 19.1. The Balaban J connectivity index is 2.08. The van der Waals surface area contributed by atoms with Gasteiger partial charge in [0.1, 0.15) is 5.82 Å². The number of aromatic nitrogens is 2. The van der Waals surface area contributed by atoms with Crippen molar-refractivity contribution in [1.29, 1.82) is 0 Å². The minimum absolute atomic E-state index is 0.222. The second kappa shape index (κ2) is 5.78. The van der Waals surface area contributed by atoms with E-state index in [1.54, 1.807) is 18.5 Å². The van der Waals surface area contributed by atoms with Crippen molar-refractivity contribution in [2.75, 3.05) is 6.54 Å². The molecule has 18 heavy (non-hydrogen) atoms. The third-order valence-electron chi connectivity index (χ3n) is 2.83. The Morgan fingerprint density at radius 1 is 1.33 bits per heavy atom. The van der Waals surface area contributed by atoms with Crippen molar-refractivity contribution in [3.8, 4) is 5.69 Å². The summed E-state index contributed by atoms with van der Waals surface area (Å²) in [6.07, 6.45) is 4.64. The highest BCUT2D eigenvalue weighted by molar-refractivity contribution is 5.32. The molecule has 0 aliphatic carbocycles. The Kier molecular flexibility index (Phi) is 4.10. The van der Waals surface area contributed by atoms with E-state index in [0.717, 1.165) is 24.3 Å². The Hall–Kier alpha value is -1.68. The van der Waals surface area contributed by atoms with Gasteiger partial charge in [-0.25, -0.2) is 9.37 Å². The zero-order valence-corrected chi connectivity index (χ0v) is 10.7. The molecule has 0 aliphatic heterocycles. The molecule has 2 rings (SSSR count). The monoisotopic (exact) mass is 247 g/mol. The Bertz CT molecular complexity index is 490. The highest BCUT2D eigenvalue weighted by Gasteiger charge is 2.05. The molecule has 0 amide bonds. The quantitative estimate of drug-likeness (QED) is 0.880. The predicted molar refractivity (Wildman–Crippen MR) is 70.4 cm³/mol. The zero-order chi connectivity index (χ0) is 13.0. The molecule has 1 N–H and O–H groups in total. The third-order valence-corrected chi connectivity index (χ3v) is 2.83. The lowest BCUT2D eigenvalue weighted by atomic mass is 10.2. The van der Waals surface area contributed by atoms with Gasteiger partial charge < -0.3 is 9.88 Å². The maximum atomic E-state index is 12.8. The summed E-state index contributed by atoms with van der Waals surface area (Å²) in [7, 11) is 0. The second-order valence-corrected chi connectivity index (χ2v) is 4.41. The molecule has 1 aromatic heterocycles. The van der Waals surface area contributed by atoms with Crippen LogP contribution in [-0.2, 0) is 6.42 Å². The number of rotatable bonds is 5. The van der Waals surface area contributed by atoms with E-state index < -0.39 is 0 Å². The molecule has 0 radical (unpaired) electrons. The zero-order valence-electron chi connectivity index (χ0n) is 10.7. The van der Waals surface area contributed by atoms with Gasteiger partial charge in [-0.1, -0.05) is 6.92 Å². The van der Waals surface area contributed by atoms with Crippen molar-refractivity contribution in [2.24, 2.45) is 0 Å². The first kappa shape index (κ1) is 12.8. The molecule has 1 heterocycles. The van der Waals surface area contributed by atoms with E-state index in [1.807, 2.05) is 10.8 Å². The largest absolute Gasteiger partial charge is 0.314 e. The van der Waals surface area contributed by atoms with Gasteiger partial charge in [-0.3, -0.25) is 0 Å². The summed E-state index contributed by atoms with van der Waals surface area (Å²) >= 11 is 0. The van der Waals surface area contributed by atoms with Crippen LogP contribution in [0.1, 0.15) is 19.5 Å². The molecule has 1 atom stereocenters. The Labute approximate surface area is 107 Å². The fourth-order valence-electron chi connectivity index (χ4n) is 1.96. The number of halogens is 1. The molecule has 0 fully saturated rings. The van der Waals surface area contributed by atoms with E-state index in [4.69, 9.17) is 0 Å². The summed E-state index contributed by atoms with van der Waals surface area (Å²) in [5, 5.41) is 3.35. The van der Waals surface area contributed by atoms with Crippen LogP contribution in [0.2, 0.25) is 0 Å². The van der Waals surface area contributed by atoms with Gasteiger partial charge in [0, 0.05) is 24.3 Å². The van der Waals surface area contributed by atoms with Crippen LogP contribution in [0.25, 0.3) is 5.69 Å². The molecule has 0 spiro atoms. The summed E-state index contributed by atoms with van der Waals surface area (Å²) in [4.78, 5) is 4.37. The SMILES string of the molecule is CCNC(C)Cc1cn(-c2ccc(F)cc2)cn1. The van der Waals surface area contributed by atoms with E-state index in [9.17, 15) is 4.39 Å². The average molecular weight is 247 g/mol. The summed E-state index contributed by atoms with van der Waals surface area (Å²) in [6.45, 7) is 5.19. The molecule has 1 unspecified atom stereocenters. The molecular formula is C14H18FN3. The van der Waals surface area contributed by atoms with E-state index in [1.165, 1.54) is 12.1 Å². The lowest BCUT2D eigenvalue weighted by Gasteiger charge is -2.09. The average Bonchev–Trinajstić information content (AvgIpc) is 2.78. The molecule has 96 valence electrons. The number of nitrogens with zero attached hydrogens (tertiary/aromatic N) is 2. The molecule has 0 saturated carbocycles. The van der Waals surface area contributed by atoms with E-state index >= 15 is 0 Å². The van der Waals surface area contributed by atoms with Crippen LogP contribution >= 0.6 is 0 Å². The second-order valence-electron chi connectivity index (χ2n) is 4.41. The highest BCUT2D eigenvalue weighted by Crippen LogP contribution is 2.10. The Morgan fingerprint density at radius 3 is 2.72 bits per heavy atom. The van der Waals surface area contributed by atoms with Gasteiger partial charge in [-0.2, -0.15) is 0 Å². The maximum Gasteiger partial charge on any atom is 0.123 e. The van der Waals surface area contributed by atoms with Crippen LogP contribution in [0.3, 0.4) is 0 Å². The minimum atomic E-state index is -0.222. The van der Waals surface area contributed by atoms with E-state index in [0.29, 0.717) is 6.04 Å². The first-order valence-corrected chi connectivity index (χ1v) is 6.21. The smallest absolute Gasteiger partial charge is 0.123 e. The van der Waals surface area contributed by atoms with Gasteiger partial charge in [-0.05, 0) is 37.7 Å². The molecule has 0 bridgehead atoms. The molecule has 1 aromatic carbocycles. The predicted octanol–water partition coefficient (Wildman–Crippen LogP) is 2.55. The molecule has 2 aromatic rings. The Morgan fingerprint density at radius 2 is 2.06 bits per heavy atom. The standard InChI is InChI=1S/C14H18FN3/c1-3-16-11(2)8-13-9-18(10-17-13)14-6-4-12(15)5-7-14/h4-7,9-11,16H,3,8H2,1-2H3. The van der Waals surface area contributed by atoms with Crippen LogP contribution in [0.4, 0.5) is 4.39 Å². The lowest BCUT2D eigenvalue weighted by molar-refractivity contribution is 0.560. The van der Waals surface area contributed by atoms with Gasteiger partial charge in [0.2, 0.25) is 0 Å². The summed E-state index contributed by atoms with van der Waals surface area (Å²) < 4.78 is 14.7. The normalized spacial score (nSPS) is 12.6. The van der Waals surface area contributed by atoms with E-state index in [2.05, 4.69) is 24.1 Å². The van der Waals surface area contributed by atoms with Crippen molar-refractivity contribution >= 4 is 0 Å². The van der Waals surface area contributed by atoms with Crippen molar-refractivity contribution < 1.29 is 4.39 Å². The number of imidazole rings is 1. The first-order valence-electron chi connectivity index (χ1n) is 6.21. The van der Waals surface area contributed by atoms with Crippen LogP contribution in [-0.4, -0.2) is 22.1 Å². The molecule has 0 saturated heterocycles. The first-order chi connectivity index (χ1) is 8.69. The van der Waals surface area contributed by atoms with Crippen LogP contribution in [0.5, 0.6) is 0 Å². The van der Waals surface area contributed by atoms with Gasteiger partial charge in [0.15, 0.2) is 0 Å². The number of benzene rings is 1. The lowest BCUT2D eigenvalue weighted by Crippen LogP contribution is -2.27. The van der Waals surface area contributed by atoms with Crippen molar-refractivity contribution in [3.05, 3.63) is 48.3 Å². The molecule has 3 nitrogen and oxygen atoms in total. The topological polar surface area (TPSA) is 29.9 Å². The fourth-order valence-corrected chi connectivity index (χ4v) is 1.96. The fraction of sp³-hybridized carbons (Fsp3) is 0.357. The van der Waals surface area contributed by atoms with Gasteiger partial charge in [0.25, 0.3) is 0 Å². The summed E-state index contributed by atoms with van der Waals surface area (Å²) in [5.41, 5.74) is 1.96. The maximum absolute atomic E-state index is 12.8. The van der Waals surface area contributed by atoms with Crippen LogP contribution in [0, 0.1) is 5.82 Å². The van der Waals surface area contributed by atoms with Crippen LogP contribution < -0.4 is 5.32 Å². The number of nitrogens with one attached hydrogen (secondary N) is 1. The van der Waals surface area contributed by atoms with Crippen molar-refractivity contribution in [3.63, 3.8) is 0 Å².